The maximum atomic E-state index is 12.5. The van der Waals surface area contributed by atoms with Gasteiger partial charge in [0, 0.05) is 18.6 Å². The zero-order chi connectivity index (χ0) is 18.9. The van der Waals surface area contributed by atoms with E-state index in [1.165, 1.54) is 0 Å². The molecule has 1 rings (SSSR count). The maximum absolute atomic E-state index is 12.5. The molecule has 1 heterocycles. The van der Waals surface area contributed by atoms with Crippen molar-refractivity contribution in [1.29, 1.82) is 0 Å². The van der Waals surface area contributed by atoms with Crippen molar-refractivity contribution in [3.8, 4) is 0 Å². The lowest BCUT2D eigenvalue weighted by atomic mass is 9.63. The quantitative estimate of drug-likeness (QED) is 0.812. The number of ether oxygens (including phenoxy) is 1. The molecular weight excluding hydrogens is 300 g/mol. The summed E-state index contributed by atoms with van der Waals surface area (Å²) in [5.41, 5.74) is 5.83. The van der Waals surface area contributed by atoms with Gasteiger partial charge in [0.05, 0.1) is 0 Å². The summed E-state index contributed by atoms with van der Waals surface area (Å²) in [5.74, 6) is 1.49. The molecule has 0 aromatic heterocycles. The van der Waals surface area contributed by atoms with Gasteiger partial charge in [0.15, 0.2) is 0 Å². The number of carbonyl (C=O) groups excluding carboxylic acids is 1. The van der Waals surface area contributed by atoms with Gasteiger partial charge in [0.2, 0.25) is 0 Å². The van der Waals surface area contributed by atoms with Crippen LogP contribution in [0.3, 0.4) is 0 Å². The molecule has 0 aromatic carbocycles. The number of hydrogen-bond donors (Lipinski definition) is 1. The Hall–Kier alpha value is -0.770. The van der Waals surface area contributed by atoms with Gasteiger partial charge in [-0.1, -0.05) is 27.7 Å². The molecule has 0 aliphatic carbocycles. The smallest absolute Gasteiger partial charge is 0.410 e. The fourth-order valence-corrected chi connectivity index (χ4v) is 4.17. The number of hydrogen-bond acceptors (Lipinski definition) is 3. The minimum atomic E-state index is -0.446. The zero-order valence-electron chi connectivity index (χ0n) is 17.4. The first-order valence-electron chi connectivity index (χ1n) is 9.40. The number of likely N-dealkylation sites (tertiary alicyclic amines) is 1. The molecule has 3 atom stereocenters. The Morgan fingerprint density at radius 3 is 2.29 bits per heavy atom. The molecular formula is C20H40N2O2. The Kier molecular flexibility index (Phi) is 6.41. The normalized spacial score (nSPS) is 26.7. The second-order valence-corrected chi connectivity index (χ2v) is 10.2. The van der Waals surface area contributed by atoms with Gasteiger partial charge in [0.25, 0.3) is 0 Å². The van der Waals surface area contributed by atoms with Crippen LogP contribution in [0.1, 0.15) is 75.2 Å². The average molecular weight is 341 g/mol. The topological polar surface area (TPSA) is 55.6 Å². The third-order valence-electron chi connectivity index (χ3n) is 5.62. The summed E-state index contributed by atoms with van der Waals surface area (Å²) in [6.45, 7) is 20.8. The summed E-state index contributed by atoms with van der Waals surface area (Å²) in [6, 6.07) is 0. The van der Waals surface area contributed by atoms with E-state index in [0.717, 1.165) is 25.9 Å². The number of amides is 1. The first-order valence-corrected chi connectivity index (χ1v) is 9.40. The second kappa shape index (κ2) is 7.23. The van der Waals surface area contributed by atoms with Crippen LogP contribution in [0.25, 0.3) is 0 Å². The molecule has 0 spiro atoms. The van der Waals surface area contributed by atoms with Crippen LogP contribution in [0.15, 0.2) is 0 Å². The maximum Gasteiger partial charge on any atom is 0.410 e. The lowest BCUT2D eigenvalue weighted by Gasteiger charge is -2.42. The van der Waals surface area contributed by atoms with Crippen LogP contribution < -0.4 is 5.73 Å². The van der Waals surface area contributed by atoms with Crippen molar-refractivity contribution >= 4 is 6.09 Å². The Morgan fingerprint density at radius 2 is 1.83 bits per heavy atom. The molecule has 1 aliphatic rings. The number of carbonyl (C=O) groups is 1. The predicted molar refractivity (Wildman–Crippen MR) is 101 cm³/mol. The van der Waals surface area contributed by atoms with Crippen LogP contribution in [-0.2, 0) is 4.74 Å². The van der Waals surface area contributed by atoms with Crippen LogP contribution in [0.2, 0.25) is 0 Å². The summed E-state index contributed by atoms with van der Waals surface area (Å²) < 4.78 is 5.59. The molecule has 142 valence electrons. The highest BCUT2D eigenvalue weighted by molar-refractivity contribution is 5.68. The monoisotopic (exact) mass is 340 g/mol. The second-order valence-electron chi connectivity index (χ2n) is 10.2. The summed E-state index contributed by atoms with van der Waals surface area (Å²) in [4.78, 5) is 14.4. The average Bonchev–Trinajstić information content (AvgIpc) is 2.43. The summed E-state index contributed by atoms with van der Waals surface area (Å²) in [6.07, 6.45) is 1.83. The molecule has 24 heavy (non-hydrogen) atoms. The third kappa shape index (κ3) is 5.94. The number of nitrogens with two attached hydrogens (primary N) is 1. The van der Waals surface area contributed by atoms with Gasteiger partial charge in [-0.15, -0.1) is 0 Å². The van der Waals surface area contributed by atoms with Crippen molar-refractivity contribution in [2.45, 2.75) is 86.3 Å². The molecule has 2 N–H and O–H groups in total. The molecule has 0 radical (unpaired) electrons. The molecule has 4 nitrogen and oxygen atoms in total. The molecule has 1 aliphatic heterocycles. The van der Waals surface area contributed by atoms with Crippen molar-refractivity contribution in [2.75, 3.05) is 13.1 Å². The summed E-state index contributed by atoms with van der Waals surface area (Å²) >= 11 is 0. The molecule has 1 fully saturated rings. The van der Waals surface area contributed by atoms with Crippen molar-refractivity contribution in [3.63, 3.8) is 0 Å². The zero-order valence-corrected chi connectivity index (χ0v) is 17.4. The molecule has 0 bridgehead atoms. The van der Waals surface area contributed by atoms with E-state index in [2.05, 4.69) is 41.5 Å². The number of nitrogens with zero attached hydrogens (tertiary/aromatic N) is 1. The van der Waals surface area contributed by atoms with Crippen LogP contribution in [0.4, 0.5) is 4.79 Å². The van der Waals surface area contributed by atoms with Gasteiger partial charge in [-0.2, -0.15) is 0 Å². The predicted octanol–water partition coefficient (Wildman–Crippen LogP) is 4.67. The van der Waals surface area contributed by atoms with E-state index in [1.54, 1.807) is 0 Å². The first kappa shape index (κ1) is 21.3. The van der Waals surface area contributed by atoms with E-state index in [0.29, 0.717) is 17.8 Å². The van der Waals surface area contributed by atoms with E-state index in [1.807, 2.05) is 25.7 Å². The van der Waals surface area contributed by atoms with Crippen LogP contribution in [-0.4, -0.2) is 35.2 Å². The summed E-state index contributed by atoms with van der Waals surface area (Å²) in [7, 11) is 0. The van der Waals surface area contributed by atoms with Crippen LogP contribution >= 0.6 is 0 Å². The Bertz CT molecular complexity index is 432. The third-order valence-corrected chi connectivity index (χ3v) is 5.62. The van der Waals surface area contributed by atoms with Crippen molar-refractivity contribution in [3.05, 3.63) is 0 Å². The standard InChI is InChI=1S/C20H40N2O2/c1-14(12-19(6,7)21)16-10-11-22(13-15(2)20(16,8)9)17(23)24-18(3,4)5/h14-16H,10-13,21H2,1-9H3. The van der Waals surface area contributed by atoms with Crippen LogP contribution in [0.5, 0.6) is 0 Å². The van der Waals surface area contributed by atoms with Gasteiger partial charge in [-0.3, -0.25) is 0 Å². The van der Waals surface area contributed by atoms with E-state index in [4.69, 9.17) is 10.5 Å². The van der Waals surface area contributed by atoms with E-state index >= 15 is 0 Å². The van der Waals surface area contributed by atoms with Crippen molar-refractivity contribution < 1.29 is 9.53 Å². The fourth-order valence-electron chi connectivity index (χ4n) is 4.17. The molecule has 3 unspecified atom stereocenters. The molecule has 0 aromatic rings. The van der Waals surface area contributed by atoms with Gasteiger partial charge in [-0.25, -0.2) is 4.79 Å². The van der Waals surface area contributed by atoms with Gasteiger partial charge >= 0.3 is 6.09 Å². The fraction of sp³-hybridized carbons (Fsp3) is 0.950. The lowest BCUT2D eigenvalue weighted by molar-refractivity contribution is 0.0217. The van der Waals surface area contributed by atoms with Crippen molar-refractivity contribution in [1.82, 2.24) is 4.90 Å². The van der Waals surface area contributed by atoms with E-state index in [9.17, 15) is 4.79 Å². The molecule has 4 heteroatoms. The van der Waals surface area contributed by atoms with Crippen molar-refractivity contribution in [2.24, 2.45) is 28.9 Å². The minimum Gasteiger partial charge on any atom is -0.444 e. The Labute approximate surface area is 149 Å². The van der Waals surface area contributed by atoms with E-state index in [-0.39, 0.29) is 17.0 Å². The highest BCUT2D eigenvalue weighted by Crippen LogP contribution is 2.45. The SMILES string of the molecule is CC(CC(C)(C)N)C1CCN(C(=O)OC(C)(C)C)CC(C)C1(C)C. The largest absolute Gasteiger partial charge is 0.444 e. The molecule has 1 amide bonds. The summed E-state index contributed by atoms with van der Waals surface area (Å²) in [5, 5.41) is 0. The number of rotatable bonds is 3. The first-order chi connectivity index (χ1) is 10.6. The van der Waals surface area contributed by atoms with Gasteiger partial charge in [0.1, 0.15) is 5.60 Å². The van der Waals surface area contributed by atoms with Crippen LogP contribution in [0, 0.1) is 23.2 Å². The van der Waals surface area contributed by atoms with E-state index < -0.39 is 5.60 Å². The molecule has 0 saturated carbocycles. The molecule has 1 saturated heterocycles. The Morgan fingerprint density at radius 1 is 1.29 bits per heavy atom. The van der Waals surface area contributed by atoms with Gasteiger partial charge in [-0.05, 0) is 70.6 Å². The highest BCUT2D eigenvalue weighted by atomic mass is 16.6. The Balaban J connectivity index is 2.91. The highest BCUT2D eigenvalue weighted by Gasteiger charge is 2.42. The van der Waals surface area contributed by atoms with Gasteiger partial charge < -0.3 is 15.4 Å². The minimum absolute atomic E-state index is 0.157. The lowest BCUT2D eigenvalue weighted by Crippen LogP contribution is -2.41.